The number of likely N-dealkylation sites (tertiary alicyclic amines) is 1. The van der Waals surface area contributed by atoms with E-state index in [1.165, 1.54) is 24.0 Å². The molecule has 5 heteroatoms. The summed E-state index contributed by atoms with van der Waals surface area (Å²) in [4.78, 5) is 2.57. The Bertz CT molecular complexity index is 751. The van der Waals surface area contributed by atoms with E-state index in [0.717, 1.165) is 31.9 Å². The van der Waals surface area contributed by atoms with E-state index in [1.54, 1.807) is 11.3 Å². The van der Waals surface area contributed by atoms with Crippen LogP contribution < -0.4 is 0 Å². The quantitative estimate of drug-likeness (QED) is 0.702. The second-order valence-corrected chi connectivity index (χ2v) is 7.20. The van der Waals surface area contributed by atoms with E-state index in [9.17, 15) is 0 Å². The molecule has 1 fully saturated rings. The van der Waals surface area contributed by atoms with E-state index in [2.05, 4.69) is 66.8 Å². The van der Waals surface area contributed by atoms with Crippen molar-refractivity contribution in [2.24, 2.45) is 0 Å². The smallest absolute Gasteiger partial charge is 0.150 e. The molecule has 1 aromatic carbocycles. The average Bonchev–Trinajstić information content (AvgIpc) is 3.28. The lowest BCUT2D eigenvalue weighted by molar-refractivity contribution is 0.131. The van der Waals surface area contributed by atoms with Crippen molar-refractivity contribution in [3.63, 3.8) is 0 Å². The van der Waals surface area contributed by atoms with Gasteiger partial charge in [-0.25, -0.2) is 0 Å². The Balaban J connectivity index is 1.56. The molecule has 1 aliphatic heterocycles. The summed E-state index contributed by atoms with van der Waals surface area (Å²) in [5, 5.41) is 13.1. The van der Waals surface area contributed by atoms with E-state index in [-0.39, 0.29) is 0 Å². The van der Waals surface area contributed by atoms with Gasteiger partial charge in [-0.05, 0) is 47.3 Å². The van der Waals surface area contributed by atoms with Gasteiger partial charge in [0.25, 0.3) is 0 Å². The Morgan fingerprint density at radius 1 is 1.04 bits per heavy atom. The summed E-state index contributed by atoms with van der Waals surface area (Å²) >= 11 is 1.77. The number of aromatic nitrogens is 3. The zero-order valence-corrected chi connectivity index (χ0v) is 14.5. The molecule has 0 radical (unpaired) electrons. The normalized spacial score (nSPS) is 18.8. The van der Waals surface area contributed by atoms with Gasteiger partial charge in [-0.3, -0.25) is 4.90 Å². The van der Waals surface area contributed by atoms with Gasteiger partial charge in [-0.1, -0.05) is 36.8 Å². The first kappa shape index (κ1) is 15.5. The fourth-order valence-electron chi connectivity index (χ4n) is 3.51. The molecule has 3 aromatic rings. The molecule has 1 saturated heterocycles. The fraction of sp³-hybridized carbons (Fsp3) is 0.368. The van der Waals surface area contributed by atoms with Crippen LogP contribution in [-0.2, 0) is 13.1 Å². The Morgan fingerprint density at radius 3 is 2.79 bits per heavy atom. The zero-order chi connectivity index (χ0) is 16.2. The maximum atomic E-state index is 4.49. The molecular formula is C19H22N4S. The van der Waals surface area contributed by atoms with Crippen LogP contribution in [0.15, 0.2) is 53.5 Å². The van der Waals surface area contributed by atoms with E-state index < -0.39 is 0 Å². The van der Waals surface area contributed by atoms with Crippen molar-refractivity contribution >= 4 is 11.3 Å². The van der Waals surface area contributed by atoms with Crippen LogP contribution in [0.1, 0.15) is 42.3 Å². The molecule has 0 aliphatic carbocycles. The summed E-state index contributed by atoms with van der Waals surface area (Å²) in [5.74, 6) is 1.11. The molecule has 1 unspecified atom stereocenters. The van der Waals surface area contributed by atoms with Gasteiger partial charge in [-0.15, -0.1) is 10.2 Å². The van der Waals surface area contributed by atoms with Crippen LogP contribution >= 0.6 is 11.3 Å². The van der Waals surface area contributed by atoms with Gasteiger partial charge in [0.05, 0.1) is 12.6 Å². The van der Waals surface area contributed by atoms with Gasteiger partial charge in [0, 0.05) is 6.54 Å². The SMILES string of the molecule is c1ccc(Cn2cnnc2C2CCCCN2Cc2ccsc2)cc1. The van der Waals surface area contributed by atoms with E-state index in [0.29, 0.717) is 6.04 Å². The predicted octanol–water partition coefficient (Wildman–Crippen LogP) is 4.12. The molecule has 2 aromatic heterocycles. The third-order valence-electron chi connectivity index (χ3n) is 4.72. The number of hydrogen-bond acceptors (Lipinski definition) is 4. The summed E-state index contributed by atoms with van der Waals surface area (Å²) in [6.45, 7) is 2.98. The summed E-state index contributed by atoms with van der Waals surface area (Å²) < 4.78 is 2.21. The molecule has 124 valence electrons. The van der Waals surface area contributed by atoms with Crippen molar-refractivity contribution < 1.29 is 0 Å². The second-order valence-electron chi connectivity index (χ2n) is 6.42. The van der Waals surface area contributed by atoms with Crippen molar-refractivity contribution in [3.8, 4) is 0 Å². The third kappa shape index (κ3) is 3.42. The van der Waals surface area contributed by atoms with Gasteiger partial charge < -0.3 is 4.57 Å². The van der Waals surface area contributed by atoms with Crippen molar-refractivity contribution in [2.45, 2.75) is 38.4 Å². The number of hydrogen-bond donors (Lipinski definition) is 0. The first-order valence-corrected chi connectivity index (χ1v) is 9.51. The highest BCUT2D eigenvalue weighted by Gasteiger charge is 2.28. The maximum Gasteiger partial charge on any atom is 0.150 e. The highest BCUT2D eigenvalue weighted by atomic mass is 32.1. The molecule has 0 amide bonds. The van der Waals surface area contributed by atoms with Gasteiger partial charge >= 0.3 is 0 Å². The maximum absolute atomic E-state index is 4.49. The Hall–Kier alpha value is -1.98. The highest BCUT2D eigenvalue weighted by Crippen LogP contribution is 2.31. The van der Waals surface area contributed by atoms with Gasteiger partial charge in [0.15, 0.2) is 5.82 Å². The molecule has 24 heavy (non-hydrogen) atoms. The molecular weight excluding hydrogens is 316 g/mol. The molecule has 4 rings (SSSR count). The van der Waals surface area contributed by atoms with E-state index in [1.807, 2.05) is 6.33 Å². The molecule has 1 aliphatic rings. The minimum absolute atomic E-state index is 0.366. The number of rotatable bonds is 5. The zero-order valence-electron chi connectivity index (χ0n) is 13.7. The lowest BCUT2D eigenvalue weighted by Gasteiger charge is -2.35. The summed E-state index contributed by atoms with van der Waals surface area (Å²) in [5.41, 5.74) is 2.69. The van der Waals surface area contributed by atoms with Gasteiger partial charge in [-0.2, -0.15) is 11.3 Å². The first-order chi connectivity index (χ1) is 11.9. The monoisotopic (exact) mass is 338 g/mol. The van der Waals surface area contributed by atoms with Crippen LogP contribution in [0.25, 0.3) is 0 Å². The number of thiophene rings is 1. The number of piperidine rings is 1. The standard InChI is InChI=1S/C19H22N4S/c1-2-6-16(7-3-1)12-23-15-20-21-19(23)18-8-4-5-10-22(18)13-17-9-11-24-14-17/h1-3,6-7,9,11,14-15,18H,4-5,8,10,12-13H2. The molecule has 0 saturated carbocycles. The van der Waals surface area contributed by atoms with Crippen molar-refractivity contribution in [3.05, 3.63) is 70.4 Å². The summed E-state index contributed by atoms with van der Waals surface area (Å²) in [6.07, 6.45) is 5.58. The molecule has 0 bridgehead atoms. The second kappa shape index (κ2) is 7.28. The first-order valence-electron chi connectivity index (χ1n) is 8.57. The Morgan fingerprint density at radius 2 is 1.96 bits per heavy atom. The van der Waals surface area contributed by atoms with Crippen LogP contribution in [0.5, 0.6) is 0 Å². The molecule has 3 heterocycles. The number of benzene rings is 1. The Labute approximate surface area is 146 Å². The summed E-state index contributed by atoms with van der Waals surface area (Å²) in [6, 6.07) is 13.1. The van der Waals surface area contributed by atoms with Crippen LogP contribution in [0.4, 0.5) is 0 Å². The van der Waals surface area contributed by atoms with Gasteiger partial charge in [0.1, 0.15) is 6.33 Å². The lowest BCUT2D eigenvalue weighted by Crippen LogP contribution is -2.34. The number of nitrogens with zero attached hydrogens (tertiary/aromatic N) is 4. The predicted molar refractivity (Wildman–Crippen MR) is 96.9 cm³/mol. The van der Waals surface area contributed by atoms with Crippen molar-refractivity contribution in [1.82, 2.24) is 19.7 Å². The van der Waals surface area contributed by atoms with Crippen molar-refractivity contribution in [2.75, 3.05) is 6.54 Å². The molecule has 0 spiro atoms. The highest BCUT2D eigenvalue weighted by molar-refractivity contribution is 7.07. The third-order valence-corrected chi connectivity index (χ3v) is 5.45. The molecule has 1 atom stereocenters. The largest absolute Gasteiger partial charge is 0.312 e. The molecule has 4 nitrogen and oxygen atoms in total. The van der Waals surface area contributed by atoms with Crippen LogP contribution in [0, 0.1) is 0 Å². The Kier molecular flexibility index (Phi) is 4.71. The van der Waals surface area contributed by atoms with Crippen LogP contribution in [0.2, 0.25) is 0 Å². The van der Waals surface area contributed by atoms with Gasteiger partial charge in [0.2, 0.25) is 0 Å². The van der Waals surface area contributed by atoms with Crippen LogP contribution in [-0.4, -0.2) is 26.2 Å². The van der Waals surface area contributed by atoms with E-state index >= 15 is 0 Å². The lowest BCUT2D eigenvalue weighted by atomic mass is 10.0. The minimum atomic E-state index is 0.366. The minimum Gasteiger partial charge on any atom is -0.312 e. The molecule has 0 N–H and O–H groups in total. The topological polar surface area (TPSA) is 34.0 Å². The summed E-state index contributed by atoms with van der Waals surface area (Å²) in [7, 11) is 0. The average molecular weight is 338 g/mol. The van der Waals surface area contributed by atoms with E-state index in [4.69, 9.17) is 0 Å². The van der Waals surface area contributed by atoms with Crippen molar-refractivity contribution in [1.29, 1.82) is 0 Å². The van der Waals surface area contributed by atoms with Crippen LogP contribution in [0.3, 0.4) is 0 Å². The fourth-order valence-corrected chi connectivity index (χ4v) is 4.17.